The van der Waals surface area contributed by atoms with Crippen LogP contribution >= 0.6 is 0 Å². The number of fused-ring (bicyclic) bond motifs is 1. The molecule has 0 saturated carbocycles. The van der Waals surface area contributed by atoms with E-state index >= 15 is 0 Å². The monoisotopic (exact) mass is 250 g/mol. The van der Waals surface area contributed by atoms with Crippen LogP contribution in [-0.2, 0) is 24.2 Å². The maximum absolute atomic E-state index is 5.38. The molecule has 0 amide bonds. The van der Waals surface area contributed by atoms with Gasteiger partial charge in [0.05, 0.1) is 6.54 Å². The number of aromatic nitrogens is 3. The Morgan fingerprint density at radius 2 is 2.33 bits per heavy atom. The van der Waals surface area contributed by atoms with Gasteiger partial charge in [0.2, 0.25) is 0 Å². The topological polar surface area (TPSA) is 52.0 Å². The highest BCUT2D eigenvalue weighted by Gasteiger charge is 2.16. The average molecular weight is 250 g/mol. The predicted octanol–water partition coefficient (Wildman–Crippen LogP) is 1.13. The zero-order valence-corrected chi connectivity index (χ0v) is 10.9. The van der Waals surface area contributed by atoms with Crippen molar-refractivity contribution in [3.63, 3.8) is 0 Å². The number of ether oxygens (including phenoxy) is 1. The second-order valence-electron chi connectivity index (χ2n) is 5.34. The van der Waals surface area contributed by atoms with Crippen LogP contribution in [-0.4, -0.2) is 34.5 Å². The van der Waals surface area contributed by atoms with Crippen molar-refractivity contribution >= 4 is 0 Å². The van der Waals surface area contributed by atoms with E-state index in [0.717, 1.165) is 51.0 Å². The molecule has 3 heterocycles. The second kappa shape index (κ2) is 5.80. The third-order valence-electron chi connectivity index (χ3n) is 3.97. The molecule has 0 bridgehead atoms. The Labute approximate surface area is 108 Å². The van der Waals surface area contributed by atoms with E-state index in [1.165, 1.54) is 31.5 Å². The lowest BCUT2D eigenvalue weighted by Crippen LogP contribution is -2.22. The predicted molar refractivity (Wildman–Crippen MR) is 68.2 cm³/mol. The first kappa shape index (κ1) is 12.1. The Morgan fingerprint density at radius 3 is 3.22 bits per heavy atom. The van der Waals surface area contributed by atoms with Crippen molar-refractivity contribution in [2.24, 2.45) is 5.92 Å². The van der Waals surface area contributed by atoms with Crippen molar-refractivity contribution in [2.45, 2.75) is 45.2 Å². The minimum atomic E-state index is 0.754. The van der Waals surface area contributed by atoms with Crippen molar-refractivity contribution in [2.75, 3.05) is 19.8 Å². The summed E-state index contributed by atoms with van der Waals surface area (Å²) in [4.78, 5) is 0. The van der Waals surface area contributed by atoms with Gasteiger partial charge in [0.15, 0.2) is 0 Å². The standard InChI is InChI=1S/C13H22N4O/c1-2-7-17-12(3-1)15-16-13(17)9-14-6-4-11-5-8-18-10-11/h11,14H,1-10H2. The van der Waals surface area contributed by atoms with Gasteiger partial charge in [-0.2, -0.15) is 0 Å². The van der Waals surface area contributed by atoms with Gasteiger partial charge in [0, 0.05) is 26.2 Å². The summed E-state index contributed by atoms with van der Waals surface area (Å²) in [6.07, 6.45) is 6.04. The first-order chi connectivity index (χ1) is 8.93. The van der Waals surface area contributed by atoms with E-state index in [1.807, 2.05) is 0 Å². The van der Waals surface area contributed by atoms with E-state index in [-0.39, 0.29) is 0 Å². The fourth-order valence-corrected chi connectivity index (χ4v) is 2.82. The molecule has 0 aromatic carbocycles. The molecule has 1 saturated heterocycles. The van der Waals surface area contributed by atoms with Gasteiger partial charge in [-0.1, -0.05) is 0 Å². The van der Waals surface area contributed by atoms with Crippen LogP contribution in [0.1, 0.15) is 37.3 Å². The molecule has 2 aliphatic heterocycles. The highest BCUT2D eigenvalue weighted by molar-refractivity contribution is 4.98. The number of nitrogens with one attached hydrogen (secondary N) is 1. The molecule has 1 fully saturated rings. The van der Waals surface area contributed by atoms with E-state index in [0.29, 0.717) is 0 Å². The summed E-state index contributed by atoms with van der Waals surface area (Å²) in [6.45, 7) is 4.89. The summed E-state index contributed by atoms with van der Waals surface area (Å²) in [5, 5.41) is 12.0. The summed E-state index contributed by atoms with van der Waals surface area (Å²) in [6, 6.07) is 0. The summed E-state index contributed by atoms with van der Waals surface area (Å²) in [5.74, 6) is 3.03. The Bertz CT molecular complexity index is 384. The molecule has 1 aromatic rings. The molecule has 1 N–H and O–H groups in total. The SMILES string of the molecule is C1CCn2c(nnc2CNCCC2CCOC2)C1. The zero-order chi connectivity index (χ0) is 12.2. The minimum absolute atomic E-state index is 0.754. The van der Waals surface area contributed by atoms with Crippen LogP contribution in [0.25, 0.3) is 0 Å². The molecule has 2 aliphatic rings. The van der Waals surface area contributed by atoms with Gasteiger partial charge in [-0.25, -0.2) is 0 Å². The number of nitrogens with zero attached hydrogens (tertiary/aromatic N) is 3. The molecule has 1 atom stereocenters. The lowest BCUT2D eigenvalue weighted by Gasteiger charge is -2.15. The maximum atomic E-state index is 5.38. The van der Waals surface area contributed by atoms with Crippen LogP contribution in [0.5, 0.6) is 0 Å². The van der Waals surface area contributed by atoms with E-state index in [4.69, 9.17) is 4.74 Å². The number of hydrogen-bond donors (Lipinski definition) is 1. The molecule has 100 valence electrons. The fourth-order valence-electron chi connectivity index (χ4n) is 2.82. The van der Waals surface area contributed by atoms with Crippen LogP contribution in [0.2, 0.25) is 0 Å². The van der Waals surface area contributed by atoms with Gasteiger partial charge in [-0.15, -0.1) is 10.2 Å². The highest BCUT2D eigenvalue weighted by Crippen LogP contribution is 2.16. The lowest BCUT2D eigenvalue weighted by atomic mass is 10.1. The van der Waals surface area contributed by atoms with Crippen LogP contribution in [0, 0.1) is 5.92 Å². The Morgan fingerprint density at radius 1 is 1.33 bits per heavy atom. The van der Waals surface area contributed by atoms with Crippen molar-refractivity contribution in [1.82, 2.24) is 20.1 Å². The second-order valence-corrected chi connectivity index (χ2v) is 5.34. The molecule has 1 unspecified atom stereocenters. The third kappa shape index (κ3) is 2.72. The van der Waals surface area contributed by atoms with Crippen LogP contribution in [0.3, 0.4) is 0 Å². The zero-order valence-electron chi connectivity index (χ0n) is 10.9. The third-order valence-corrected chi connectivity index (χ3v) is 3.97. The molecular weight excluding hydrogens is 228 g/mol. The molecule has 3 rings (SSSR count). The first-order valence-corrected chi connectivity index (χ1v) is 7.13. The molecule has 5 nitrogen and oxygen atoms in total. The van der Waals surface area contributed by atoms with E-state index in [2.05, 4.69) is 20.1 Å². The maximum Gasteiger partial charge on any atom is 0.147 e. The molecule has 0 aliphatic carbocycles. The van der Waals surface area contributed by atoms with E-state index < -0.39 is 0 Å². The van der Waals surface area contributed by atoms with Gasteiger partial charge >= 0.3 is 0 Å². The van der Waals surface area contributed by atoms with Gasteiger partial charge < -0.3 is 14.6 Å². The Hall–Kier alpha value is -0.940. The Kier molecular flexibility index (Phi) is 3.90. The first-order valence-electron chi connectivity index (χ1n) is 7.13. The summed E-state index contributed by atoms with van der Waals surface area (Å²) in [5.41, 5.74) is 0. The van der Waals surface area contributed by atoms with Crippen LogP contribution in [0.15, 0.2) is 0 Å². The van der Waals surface area contributed by atoms with Crippen molar-refractivity contribution < 1.29 is 4.74 Å². The molecule has 0 radical (unpaired) electrons. The fraction of sp³-hybridized carbons (Fsp3) is 0.846. The summed E-state index contributed by atoms with van der Waals surface area (Å²) >= 11 is 0. The van der Waals surface area contributed by atoms with Gasteiger partial charge in [0.1, 0.15) is 11.6 Å². The molecule has 5 heteroatoms. The molecule has 18 heavy (non-hydrogen) atoms. The van der Waals surface area contributed by atoms with E-state index in [9.17, 15) is 0 Å². The van der Waals surface area contributed by atoms with E-state index in [1.54, 1.807) is 0 Å². The van der Waals surface area contributed by atoms with Gasteiger partial charge in [0.25, 0.3) is 0 Å². The largest absolute Gasteiger partial charge is 0.381 e. The number of hydrogen-bond acceptors (Lipinski definition) is 4. The highest BCUT2D eigenvalue weighted by atomic mass is 16.5. The number of aryl methyl sites for hydroxylation is 1. The minimum Gasteiger partial charge on any atom is -0.381 e. The average Bonchev–Trinajstić information content (AvgIpc) is 3.04. The molecule has 1 aromatic heterocycles. The van der Waals surface area contributed by atoms with Crippen molar-refractivity contribution in [3.05, 3.63) is 11.6 Å². The quantitative estimate of drug-likeness (QED) is 0.796. The van der Waals surface area contributed by atoms with Crippen LogP contribution in [0.4, 0.5) is 0 Å². The number of rotatable bonds is 5. The van der Waals surface area contributed by atoms with Gasteiger partial charge in [-0.3, -0.25) is 0 Å². The van der Waals surface area contributed by atoms with Crippen molar-refractivity contribution in [1.29, 1.82) is 0 Å². The van der Waals surface area contributed by atoms with Crippen molar-refractivity contribution in [3.8, 4) is 0 Å². The van der Waals surface area contributed by atoms with Crippen LogP contribution < -0.4 is 5.32 Å². The lowest BCUT2D eigenvalue weighted by molar-refractivity contribution is 0.184. The molecule has 0 spiro atoms. The van der Waals surface area contributed by atoms with Gasteiger partial charge in [-0.05, 0) is 38.1 Å². The Balaban J connectivity index is 1.43. The summed E-state index contributed by atoms with van der Waals surface area (Å²) in [7, 11) is 0. The normalized spacial score (nSPS) is 23.2. The smallest absolute Gasteiger partial charge is 0.147 e. The summed E-state index contributed by atoms with van der Waals surface area (Å²) < 4.78 is 7.67. The molecular formula is C13H22N4O.